The predicted molar refractivity (Wildman–Crippen MR) is 26.7 cm³/mol. The molecule has 24 valence electrons. The van der Waals surface area contributed by atoms with Crippen molar-refractivity contribution in [2.75, 3.05) is 0 Å². The fourth-order valence-electron chi connectivity index (χ4n) is 0. The van der Waals surface area contributed by atoms with E-state index in [0.717, 1.165) is 0 Å². The van der Waals surface area contributed by atoms with Crippen molar-refractivity contribution in [1.29, 1.82) is 0 Å². The van der Waals surface area contributed by atoms with Crippen LogP contribution >= 0.6 is 22.6 Å². The molecule has 0 amide bonds. The first-order chi connectivity index (χ1) is 1.91. The summed E-state index contributed by atoms with van der Waals surface area (Å²) in [5, 5.41) is 3.10. The summed E-state index contributed by atoms with van der Waals surface area (Å²) < 4.78 is 1.50. The largest absolute Gasteiger partial charge is 0.323 e. The molecule has 3 heteroatoms. The molecule has 0 aliphatic rings. The van der Waals surface area contributed by atoms with Crippen molar-refractivity contribution in [2.24, 2.45) is 10.9 Å². The standard InChI is InChI=1S/CH3IN2/c2-1-4-3/h1H,3H2/b4-1+. The van der Waals surface area contributed by atoms with Gasteiger partial charge in [0.25, 0.3) is 0 Å². The number of halogens is 1. The third-order valence-corrected chi connectivity index (χ3v) is 0.378. The Morgan fingerprint density at radius 1 is 2.00 bits per heavy atom. The van der Waals surface area contributed by atoms with Gasteiger partial charge in [0.1, 0.15) is 0 Å². The van der Waals surface area contributed by atoms with E-state index in [2.05, 4.69) is 10.9 Å². The Balaban J connectivity index is 2.55. The van der Waals surface area contributed by atoms with Gasteiger partial charge in [-0.3, -0.25) is 0 Å². The zero-order chi connectivity index (χ0) is 3.41. The van der Waals surface area contributed by atoms with Gasteiger partial charge in [-0.25, -0.2) is 0 Å². The van der Waals surface area contributed by atoms with Crippen LogP contribution < -0.4 is 5.84 Å². The van der Waals surface area contributed by atoms with E-state index in [1.165, 1.54) is 4.22 Å². The van der Waals surface area contributed by atoms with Gasteiger partial charge in [0.05, 0.1) is 4.22 Å². The smallest absolute Gasteiger partial charge is 0.0848 e. The molecule has 2 nitrogen and oxygen atoms in total. The highest BCUT2D eigenvalue weighted by Gasteiger charge is 1.35. The van der Waals surface area contributed by atoms with E-state index in [4.69, 9.17) is 0 Å². The van der Waals surface area contributed by atoms with Crippen LogP contribution in [0.5, 0.6) is 0 Å². The number of hydrogen-bond acceptors (Lipinski definition) is 2. The molecule has 0 heterocycles. The molecule has 0 atom stereocenters. The third-order valence-electron chi connectivity index (χ3n) is 0.0563. The number of rotatable bonds is 0. The van der Waals surface area contributed by atoms with Crippen molar-refractivity contribution < 1.29 is 0 Å². The van der Waals surface area contributed by atoms with E-state index in [-0.39, 0.29) is 0 Å². The molecule has 0 aliphatic carbocycles. The maximum Gasteiger partial charge on any atom is 0.0848 e. The van der Waals surface area contributed by atoms with Crippen LogP contribution in [0.2, 0.25) is 0 Å². The Morgan fingerprint density at radius 2 is 2.25 bits per heavy atom. The first-order valence-electron chi connectivity index (χ1n) is 0.735. The number of hydrazone groups is 1. The Morgan fingerprint density at radius 3 is 2.25 bits per heavy atom. The highest BCUT2D eigenvalue weighted by Crippen LogP contribution is 1.60. The van der Waals surface area contributed by atoms with Crippen LogP contribution in [0, 0.1) is 0 Å². The van der Waals surface area contributed by atoms with Gasteiger partial charge in [-0.05, 0) is 22.6 Å². The molecule has 0 spiro atoms. The third kappa shape index (κ3) is 2.20. The van der Waals surface area contributed by atoms with E-state index >= 15 is 0 Å². The summed E-state index contributed by atoms with van der Waals surface area (Å²) in [6.07, 6.45) is 0. The molecule has 0 aromatic rings. The van der Waals surface area contributed by atoms with Gasteiger partial charge in [-0.1, -0.05) is 0 Å². The lowest BCUT2D eigenvalue weighted by Crippen LogP contribution is -1.72. The molecule has 2 N–H and O–H groups in total. The second-order valence-electron chi connectivity index (χ2n) is 0.247. The molecule has 0 aromatic carbocycles. The minimum atomic E-state index is 1.50. The lowest BCUT2D eigenvalue weighted by atomic mass is 11.7. The Bertz CT molecular complexity index is 21.2. The first-order valence-corrected chi connectivity index (χ1v) is 1.98. The van der Waals surface area contributed by atoms with Crippen LogP contribution in [0.3, 0.4) is 0 Å². The summed E-state index contributed by atoms with van der Waals surface area (Å²) in [4.78, 5) is 0. The molecule has 0 fully saturated rings. The van der Waals surface area contributed by atoms with E-state index in [1.54, 1.807) is 0 Å². The normalized spacial score (nSPS) is 9.25. The zero-order valence-corrected chi connectivity index (χ0v) is 4.14. The van der Waals surface area contributed by atoms with Crippen molar-refractivity contribution in [3.63, 3.8) is 0 Å². The van der Waals surface area contributed by atoms with Crippen molar-refractivity contribution in [1.82, 2.24) is 0 Å². The molecular weight excluding hydrogens is 167 g/mol. The Hall–Kier alpha value is 0.200. The zero-order valence-electron chi connectivity index (χ0n) is 1.98. The molecule has 0 aromatic heterocycles. The highest BCUT2D eigenvalue weighted by atomic mass is 127. The highest BCUT2D eigenvalue weighted by molar-refractivity contribution is 14.1. The van der Waals surface area contributed by atoms with Crippen LogP contribution in [0.25, 0.3) is 0 Å². The Kier molecular flexibility index (Phi) is 3.36. The molecule has 0 radical (unpaired) electrons. The van der Waals surface area contributed by atoms with Gasteiger partial charge in [-0.2, -0.15) is 5.10 Å². The molecule has 0 saturated carbocycles. The van der Waals surface area contributed by atoms with Crippen molar-refractivity contribution in [3.8, 4) is 0 Å². The minimum absolute atomic E-state index is 1.50. The van der Waals surface area contributed by atoms with Gasteiger partial charge in [0.15, 0.2) is 0 Å². The SMILES string of the molecule is N/N=C/I. The van der Waals surface area contributed by atoms with E-state index in [1.807, 2.05) is 22.6 Å². The van der Waals surface area contributed by atoms with Gasteiger partial charge in [0, 0.05) is 0 Å². The van der Waals surface area contributed by atoms with Crippen LogP contribution in [0.4, 0.5) is 0 Å². The molecule has 0 unspecified atom stereocenters. The fourth-order valence-corrected chi connectivity index (χ4v) is 0. The molecule has 0 bridgehead atoms. The number of nitrogens with zero attached hydrogens (tertiary/aromatic N) is 1. The molecule has 0 saturated heterocycles. The van der Waals surface area contributed by atoms with Gasteiger partial charge in [0.2, 0.25) is 0 Å². The molecule has 4 heavy (non-hydrogen) atoms. The molecule has 0 rings (SSSR count). The monoisotopic (exact) mass is 170 g/mol. The number of hydrogen-bond donors (Lipinski definition) is 1. The Labute approximate surface area is 38.2 Å². The quantitative estimate of drug-likeness (QED) is 0.242. The minimum Gasteiger partial charge on any atom is -0.323 e. The van der Waals surface area contributed by atoms with Crippen LogP contribution in [-0.2, 0) is 0 Å². The second kappa shape index (κ2) is 3.20. The van der Waals surface area contributed by atoms with Crippen molar-refractivity contribution in [3.05, 3.63) is 0 Å². The maximum absolute atomic E-state index is 4.59. The summed E-state index contributed by atoms with van der Waals surface area (Å²) in [5.41, 5.74) is 0. The predicted octanol–water partition coefficient (Wildman–Crippen LogP) is 0.323. The average Bonchev–Trinajstić information content (AvgIpc) is 1.37. The van der Waals surface area contributed by atoms with Gasteiger partial charge >= 0.3 is 0 Å². The van der Waals surface area contributed by atoms with Crippen LogP contribution in [0.1, 0.15) is 0 Å². The lowest BCUT2D eigenvalue weighted by molar-refractivity contribution is 1.28. The number of nitrogens with two attached hydrogens (primary N) is 1. The second-order valence-corrected chi connectivity index (χ2v) is 0.804. The summed E-state index contributed by atoms with van der Waals surface area (Å²) in [7, 11) is 0. The van der Waals surface area contributed by atoms with E-state index in [0.29, 0.717) is 0 Å². The summed E-state index contributed by atoms with van der Waals surface area (Å²) in [6.45, 7) is 0. The molecule has 0 aliphatic heterocycles. The summed E-state index contributed by atoms with van der Waals surface area (Å²) in [5.74, 6) is 4.59. The van der Waals surface area contributed by atoms with Crippen molar-refractivity contribution in [2.45, 2.75) is 0 Å². The van der Waals surface area contributed by atoms with E-state index in [9.17, 15) is 0 Å². The van der Waals surface area contributed by atoms with Crippen LogP contribution in [-0.4, -0.2) is 4.22 Å². The van der Waals surface area contributed by atoms with Crippen molar-refractivity contribution >= 4 is 26.8 Å². The van der Waals surface area contributed by atoms with Gasteiger partial charge in [-0.15, -0.1) is 0 Å². The fraction of sp³-hybridized carbons (Fsp3) is 0. The maximum atomic E-state index is 4.59. The van der Waals surface area contributed by atoms with Gasteiger partial charge < -0.3 is 5.84 Å². The summed E-state index contributed by atoms with van der Waals surface area (Å²) in [6, 6.07) is 0. The lowest BCUT2D eigenvalue weighted by Gasteiger charge is -1.53. The first kappa shape index (κ1) is 4.20. The average molecular weight is 170 g/mol. The topological polar surface area (TPSA) is 38.4 Å². The molecular formula is CH3IN2. The van der Waals surface area contributed by atoms with E-state index < -0.39 is 0 Å². The summed E-state index contributed by atoms with van der Waals surface area (Å²) >= 11 is 1.93. The van der Waals surface area contributed by atoms with Crippen LogP contribution in [0.15, 0.2) is 5.10 Å².